The maximum atomic E-state index is 9.04. The number of piperidine rings is 1. The van der Waals surface area contributed by atoms with Crippen LogP contribution < -0.4 is 4.74 Å². The summed E-state index contributed by atoms with van der Waals surface area (Å²) in [6.45, 7) is 5.31. The highest BCUT2D eigenvalue weighted by atomic mass is 16.5. The van der Waals surface area contributed by atoms with Crippen molar-refractivity contribution in [3.63, 3.8) is 0 Å². The third-order valence-corrected chi connectivity index (χ3v) is 6.50. The molecule has 0 amide bonds. The van der Waals surface area contributed by atoms with Crippen LogP contribution in [0.1, 0.15) is 61.3 Å². The smallest absolute Gasteiger partial charge is 0.120 e. The highest BCUT2D eigenvalue weighted by molar-refractivity contribution is 5.39. The molecular formula is C25H30N2O. The number of ether oxygens (including phenoxy) is 1. The van der Waals surface area contributed by atoms with Crippen LogP contribution >= 0.6 is 0 Å². The lowest BCUT2D eigenvalue weighted by atomic mass is 9.72. The molecule has 0 saturated carbocycles. The first-order chi connectivity index (χ1) is 13.7. The van der Waals surface area contributed by atoms with E-state index in [0.717, 1.165) is 17.7 Å². The zero-order chi connectivity index (χ0) is 19.4. The number of rotatable bonds is 5. The number of hydrogen-bond acceptors (Lipinski definition) is 3. The van der Waals surface area contributed by atoms with Gasteiger partial charge in [0.1, 0.15) is 12.4 Å². The molecular weight excluding hydrogens is 344 g/mol. The van der Waals surface area contributed by atoms with Crippen molar-refractivity contribution in [1.82, 2.24) is 4.90 Å². The topological polar surface area (TPSA) is 36.3 Å². The zero-order valence-electron chi connectivity index (χ0n) is 16.9. The number of benzene rings is 2. The Labute approximate surface area is 168 Å². The minimum atomic E-state index is 0.390. The maximum Gasteiger partial charge on any atom is 0.120 e. The Balaban J connectivity index is 1.46. The quantitative estimate of drug-likeness (QED) is 0.716. The van der Waals surface area contributed by atoms with Crippen molar-refractivity contribution < 1.29 is 4.74 Å². The Morgan fingerprint density at radius 1 is 1.11 bits per heavy atom. The van der Waals surface area contributed by atoms with Gasteiger partial charge in [0.05, 0.1) is 11.6 Å². The number of likely N-dealkylation sites (tertiary alicyclic amines) is 1. The molecule has 1 aliphatic carbocycles. The molecule has 2 aromatic rings. The molecule has 1 saturated heterocycles. The van der Waals surface area contributed by atoms with E-state index in [4.69, 9.17) is 10.00 Å². The predicted molar refractivity (Wildman–Crippen MR) is 112 cm³/mol. The summed E-state index contributed by atoms with van der Waals surface area (Å²) < 4.78 is 6.03. The molecule has 2 aliphatic rings. The standard InChI is InChI=1S/C25H30N2O/c1-2-13-27-14-4-3-11-25(27)12-10-22-16-24(9-8-23(22)17-25)28-19-21-7-5-6-20(15-21)18-26/h5-9,15-16H,2-4,10-14,17,19H2,1H3. The summed E-state index contributed by atoms with van der Waals surface area (Å²) in [7, 11) is 0. The highest BCUT2D eigenvalue weighted by Crippen LogP contribution is 2.40. The second kappa shape index (κ2) is 8.37. The fourth-order valence-corrected chi connectivity index (χ4v) is 5.06. The van der Waals surface area contributed by atoms with E-state index in [1.165, 1.54) is 62.7 Å². The van der Waals surface area contributed by atoms with Gasteiger partial charge >= 0.3 is 0 Å². The van der Waals surface area contributed by atoms with Gasteiger partial charge in [-0.15, -0.1) is 0 Å². The van der Waals surface area contributed by atoms with Gasteiger partial charge in [-0.05, 0) is 92.6 Å². The summed E-state index contributed by atoms with van der Waals surface area (Å²) in [5, 5.41) is 9.04. The van der Waals surface area contributed by atoms with E-state index in [0.29, 0.717) is 17.7 Å². The third kappa shape index (κ3) is 3.93. The zero-order valence-corrected chi connectivity index (χ0v) is 16.9. The molecule has 1 spiro atoms. The molecule has 0 bridgehead atoms. The second-order valence-corrected chi connectivity index (χ2v) is 8.38. The molecule has 1 unspecified atom stereocenters. The van der Waals surface area contributed by atoms with Crippen LogP contribution in [0.3, 0.4) is 0 Å². The normalized spacial score (nSPS) is 21.9. The minimum Gasteiger partial charge on any atom is -0.489 e. The van der Waals surface area contributed by atoms with Gasteiger partial charge in [-0.25, -0.2) is 0 Å². The Kier molecular flexibility index (Phi) is 5.69. The van der Waals surface area contributed by atoms with Crippen molar-refractivity contribution in [2.75, 3.05) is 13.1 Å². The van der Waals surface area contributed by atoms with Crippen LogP contribution in [0, 0.1) is 11.3 Å². The third-order valence-electron chi connectivity index (χ3n) is 6.50. The van der Waals surface area contributed by atoms with Gasteiger partial charge in [0.15, 0.2) is 0 Å². The van der Waals surface area contributed by atoms with E-state index < -0.39 is 0 Å². The average molecular weight is 375 g/mol. The fourth-order valence-electron chi connectivity index (χ4n) is 5.06. The van der Waals surface area contributed by atoms with Gasteiger partial charge in [-0.1, -0.05) is 31.5 Å². The number of nitriles is 1. The lowest BCUT2D eigenvalue weighted by Gasteiger charge is -2.50. The van der Waals surface area contributed by atoms with Crippen LogP contribution in [0.15, 0.2) is 42.5 Å². The molecule has 1 heterocycles. The molecule has 0 aromatic heterocycles. The van der Waals surface area contributed by atoms with Gasteiger partial charge in [-0.2, -0.15) is 5.26 Å². The van der Waals surface area contributed by atoms with Gasteiger partial charge < -0.3 is 4.74 Å². The lowest BCUT2D eigenvalue weighted by molar-refractivity contribution is 0.0340. The molecule has 4 rings (SSSR count). The van der Waals surface area contributed by atoms with Crippen molar-refractivity contribution in [3.05, 3.63) is 64.7 Å². The first-order valence-electron chi connectivity index (χ1n) is 10.7. The first-order valence-corrected chi connectivity index (χ1v) is 10.7. The average Bonchev–Trinajstić information content (AvgIpc) is 2.74. The van der Waals surface area contributed by atoms with E-state index in [-0.39, 0.29) is 0 Å². The van der Waals surface area contributed by atoms with Gasteiger partial charge in [-0.3, -0.25) is 4.90 Å². The number of fused-ring (bicyclic) bond motifs is 1. The first kappa shape index (κ1) is 19.0. The Hall–Kier alpha value is -2.31. The van der Waals surface area contributed by atoms with Crippen LogP contribution in [0.25, 0.3) is 0 Å². The second-order valence-electron chi connectivity index (χ2n) is 8.38. The van der Waals surface area contributed by atoms with E-state index >= 15 is 0 Å². The van der Waals surface area contributed by atoms with E-state index in [1.807, 2.05) is 24.3 Å². The monoisotopic (exact) mass is 374 g/mol. The Bertz CT molecular complexity index is 867. The molecule has 0 radical (unpaired) electrons. The SMILES string of the molecule is CCCN1CCCCC12CCc1cc(OCc3cccc(C#N)c3)ccc1C2. The van der Waals surface area contributed by atoms with Crippen LogP contribution in [0.4, 0.5) is 0 Å². The molecule has 3 heteroatoms. The van der Waals surface area contributed by atoms with Crippen LogP contribution in [0.2, 0.25) is 0 Å². The number of hydrogen-bond donors (Lipinski definition) is 0. The fraction of sp³-hybridized carbons (Fsp3) is 0.480. The molecule has 2 aromatic carbocycles. The van der Waals surface area contributed by atoms with Crippen molar-refractivity contribution in [2.45, 2.75) is 64.0 Å². The summed E-state index contributed by atoms with van der Waals surface area (Å²) in [5.74, 6) is 0.936. The molecule has 1 atom stereocenters. The number of aryl methyl sites for hydroxylation is 1. The summed E-state index contributed by atoms with van der Waals surface area (Å²) in [4.78, 5) is 2.78. The van der Waals surface area contributed by atoms with E-state index in [1.54, 1.807) is 0 Å². The van der Waals surface area contributed by atoms with Gasteiger partial charge in [0.2, 0.25) is 0 Å². The van der Waals surface area contributed by atoms with Gasteiger partial charge in [0.25, 0.3) is 0 Å². The van der Waals surface area contributed by atoms with Crippen molar-refractivity contribution in [2.24, 2.45) is 0 Å². The molecule has 1 aliphatic heterocycles. The van der Waals surface area contributed by atoms with Crippen LogP contribution in [-0.4, -0.2) is 23.5 Å². The number of nitrogens with zero attached hydrogens (tertiary/aromatic N) is 2. The molecule has 3 nitrogen and oxygen atoms in total. The van der Waals surface area contributed by atoms with E-state index in [9.17, 15) is 0 Å². The summed E-state index contributed by atoms with van der Waals surface area (Å²) >= 11 is 0. The Morgan fingerprint density at radius 3 is 2.89 bits per heavy atom. The Morgan fingerprint density at radius 2 is 2.04 bits per heavy atom. The van der Waals surface area contributed by atoms with Crippen molar-refractivity contribution >= 4 is 0 Å². The lowest BCUT2D eigenvalue weighted by Crippen LogP contribution is -2.55. The summed E-state index contributed by atoms with van der Waals surface area (Å²) in [6, 6.07) is 16.5. The molecule has 28 heavy (non-hydrogen) atoms. The largest absolute Gasteiger partial charge is 0.489 e. The minimum absolute atomic E-state index is 0.390. The maximum absolute atomic E-state index is 9.04. The molecule has 146 valence electrons. The van der Waals surface area contributed by atoms with Crippen LogP contribution in [-0.2, 0) is 19.4 Å². The van der Waals surface area contributed by atoms with E-state index in [2.05, 4.69) is 36.1 Å². The highest BCUT2D eigenvalue weighted by Gasteiger charge is 2.40. The van der Waals surface area contributed by atoms with Gasteiger partial charge in [0, 0.05) is 5.54 Å². The molecule has 1 fully saturated rings. The molecule has 0 N–H and O–H groups in total. The summed E-state index contributed by atoms with van der Waals surface area (Å²) in [5.41, 5.74) is 5.07. The predicted octanol–water partition coefficient (Wildman–Crippen LogP) is 5.26. The van der Waals surface area contributed by atoms with Crippen molar-refractivity contribution in [3.8, 4) is 11.8 Å². The van der Waals surface area contributed by atoms with Crippen LogP contribution in [0.5, 0.6) is 5.75 Å². The summed E-state index contributed by atoms with van der Waals surface area (Å²) in [6.07, 6.45) is 8.93. The van der Waals surface area contributed by atoms with Crippen molar-refractivity contribution in [1.29, 1.82) is 5.26 Å².